The molecule has 4 nitrogen and oxygen atoms in total. The molecule has 22 heavy (non-hydrogen) atoms. The Balaban J connectivity index is 1.76. The lowest BCUT2D eigenvalue weighted by Crippen LogP contribution is -2.23. The highest BCUT2D eigenvalue weighted by molar-refractivity contribution is 5.97. The van der Waals surface area contributed by atoms with Gasteiger partial charge in [0.25, 0.3) is 5.91 Å². The summed E-state index contributed by atoms with van der Waals surface area (Å²) in [6.45, 7) is 0.354. The van der Waals surface area contributed by atoms with Gasteiger partial charge in [-0.2, -0.15) is 0 Å². The number of carbonyl (C=O) groups is 1. The lowest BCUT2D eigenvalue weighted by Gasteiger charge is -2.08. The number of fused-ring (bicyclic) bond motifs is 1. The third-order valence-electron chi connectivity index (χ3n) is 3.46. The number of methoxy groups -OCH3 is 1. The molecule has 0 atom stereocenters. The number of hydrogen-bond donors (Lipinski definition) is 2. The van der Waals surface area contributed by atoms with Crippen molar-refractivity contribution in [2.45, 2.75) is 6.54 Å². The Labute approximate surface area is 126 Å². The molecule has 0 aliphatic heterocycles. The quantitative estimate of drug-likeness (QED) is 0.777. The van der Waals surface area contributed by atoms with Crippen molar-refractivity contribution < 1.29 is 13.9 Å². The van der Waals surface area contributed by atoms with Gasteiger partial charge < -0.3 is 15.0 Å². The van der Waals surface area contributed by atoms with Crippen molar-refractivity contribution in [3.63, 3.8) is 0 Å². The number of carbonyl (C=O) groups excluding carboxylic acids is 1. The fourth-order valence-electron chi connectivity index (χ4n) is 2.34. The topological polar surface area (TPSA) is 54.1 Å². The van der Waals surface area contributed by atoms with E-state index in [9.17, 15) is 9.18 Å². The fourth-order valence-corrected chi connectivity index (χ4v) is 2.34. The standard InChI is InChI=1S/C17H15FN2O2/c1-22-16-5-3-2-4-12(16)10-19-17(21)15-8-11-6-7-13(18)9-14(11)20-15/h2-9,20H,10H2,1H3,(H,19,21). The summed E-state index contributed by atoms with van der Waals surface area (Å²) < 4.78 is 18.4. The van der Waals surface area contributed by atoms with Crippen LogP contribution in [0.25, 0.3) is 10.9 Å². The Morgan fingerprint density at radius 2 is 2.05 bits per heavy atom. The molecular formula is C17H15FN2O2. The molecule has 0 saturated heterocycles. The Morgan fingerprint density at radius 1 is 1.23 bits per heavy atom. The second-order valence-corrected chi connectivity index (χ2v) is 4.91. The van der Waals surface area contributed by atoms with Crippen LogP contribution in [0.4, 0.5) is 4.39 Å². The first-order valence-electron chi connectivity index (χ1n) is 6.86. The van der Waals surface area contributed by atoms with Crippen LogP contribution in [0, 0.1) is 5.82 Å². The predicted octanol–water partition coefficient (Wildman–Crippen LogP) is 3.25. The van der Waals surface area contributed by atoms with Gasteiger partial charge in [-0.15, -0.1) is 0 Å². The van der Waals surface area contributed by atoms with Crippen molar-refractivity contribution in [3.05, 3.63) is 65.6 Å². The lowest BCUT2D eigenvalue weighted by atomic mass is 10.2. The zero-order chi connectivity index (χ0) is 15.5. The number of benzene rings is 2. The number of hydrogen-bond acceptors (Lipinski definition) is 2. The van der Waals surface area contributed by atoms with Gasteiger partial charge in [-0.05, 0) is 30.3 Å². The van der Waals surface area contributed by atoms with E-state index in [4.69, 9.17) is 4.74 Å². The lowest BCUT2D eigenvalue weighted by molar-refractivity contribution is 0.0946. The van der Waals surface area contributed by atoms with Crippen molar-refractivity contribution in [2.24, 2.45) is 0 Å². The van der Waals surface area contributed by atoms with Gasteiger partial charge in [-0.25, -0.2) is 4.39 Å². The van der Waals surface area contributed by atoms with Gasteiger partial charge in [-0.1, -0.05) is 18.2 Å². The summed E-state index contributed by atoms with van der Waals surface area (Å²) in [7, 11) is 1.59. The number of ether oxygens (including phenoxy) is 1. The number of para-hydroxylation sites is 1. The van der Waals surface area contributed by atoms with E-state index in [-0.39, 0.29) is 11.7 Å². The van der Waals surface area contributed by atoms with E-state index in [1.54, 1.807) is 19.2 Å². The highest BCUT2D eigenvalue weighted by Crippen LogP contribution is 2.18. The zero-order valence-electron chi connectivity index (χ0n) is 12.0. The van der Waals surface area contributed by atoms with Gasteiger partial charge in [0.2, 0.25) is 0 Å². The van der Waals surface area contributed by atoms with Crippen molar-refractivity contribution in [1.29, 1.82) is 0 Å². The summed E-state index contributed by atoms with van der Waals surface area (Å²) >= 11 is 0. The summed E-state index contributed by atoms with van der Waals surface area (Å²) in [5.74, 6) is 0.138. The van der Waals surface area contributed by atoms with Gasteiger partial charge in [0.15, 0.2) is 0 Å². The molecule has 0 unspecified atom stereocenters. The van der Waals surface area contributed by atoms with Gasteiger partial charge in [-0.3, -0.25) is 4.79 Å². The minimum Gasteiger partial charge on any atom is -0.496 e. The Hall–Kier alpha value is -2.82. The minimum absolute atomic E-state index is 0.248. The van der Waals surface area contributed by atoms with E-state index < -0.39 is 0 Å². The Morgan fingerprint density at radius 3 is 2.86 bits per heavy atom. The molecular weight excluding hydrogens is 283 g/mol. The van der Waals surface area contributed by atoms with E-state index in [1.165, 1.54) is 12.1 Å². The molecule has 1 aromatic heterocycles. The maximum atomic E-state index is 13.2. The van der Waals surface area contributed by atoms with E-state index in [0.717, 1.165) is 16.7 Å². The highest BCUT2D eigenvalue weighted by atomic mass is 19.1. The molecule has 0 bridgehead atoms. The van der Waals surface area contributed by atoms with Crippen LogP contribution < -0.4 is 10.1 Å². The zero-order valence-corrected chi connectivity index (χ0v) is 12.0. The first-order valence-corrected chi connectivity index (χ1v) is 6.86. The molecule has 5 heteroatoms. The van der Waals surface area contributed by atoms with Crippen LogP contribution in [0.1, 0.15) is 16.1 Å². The molecule has 0 aliphatic carbocycles. The second-order valence-electron chi connectivity index (χ2n) is 4.91. The summed E-state index contributed by atoms with van der Waals surface area (Å²) in [6, 6.07) is 13.6. The molecule has 0 spiro atoms. The maximum absolute atomic E-state index is 13.2. The molecule has 1 amide bonds. The van der Waals surface area contributed by atoms with Crippen LogP contribution in [0.3, 0.4) is 0 Å². The van der Waals surface area contributed by atoms with Crippen molar-refractivity contribution in [1.82, 2.24) is 10.3 Å². The van der Waals surface area contributed by atoms with E-state index in [2.05, 4.69) is 10.3 Å². The predicted molar refractivity (Wildman–Crippen MR) is 82.4 cm³/mol. The second kappa shape index (κ2) is 5.89. The normalized spacial score (nSPS) is 10.6. The van der Waals surface area contributed by atoms with Crippen LogP contribution in [0.2, 0.25) is 0 Å². The number of aromatic nitrogens is 1. The average Bonchev–Trinajstić information content (AvgIpc) is 2.96. The molecule has 0 aliphatic rings. The molecule has 1 heterocycles. The first-order chi connectivity index (χ1) is 10.7. The van der Waals surface area contributed by atoms with Gasteiger partial charge in [0.1, 0.15) is 17.3 Å². The first kappa shape index (κ1) is 14.1. The Bertz CT molecular complexity index is 826. The van der Waals surface area contributed by atoms with Gasteiger partial charge in [0, 0.05) is 23.0 Å². The average molecular weight is 298 g/mol. The Kier molecular flexibility index (Phi) is 3.78. The molecule has 2 aromatic carbocycles. The fraction of sp³-hybridized carbons (Fsp3) is 0.118. The van der Waals surface area contributed by atoms with E-state index in [1.807, 2.05) is 24.3 Å². The molecule has 0 fully saturated rings. The van der Waals surface area contributed by atoms with Crippen LogP contribution >= 0.6 is 0 Å². The molecule has 0 saturated carbocycles. The van der Waals surface area contributed by atoms with E-state index >= 15 is 0 Å². The molecule has 3 aromatic rings. The molecule has 0 radical (unpaired) electrons. The van der Waals surface area contributed by atoms with Crippen LogP contribution in [-0.4, -0.2) is 18.0 Å². The number of H-pyrrole nitrogens is 1. The SMILES string of the molecule is COc1ccccc1CNC(=O)c1cc2ccc(F)cc2[nH]1. The minimum atomic E-state index is -0.338. The number of rotatable bonds is 4. The largest absolute Gasteiger partial charge is 0.496 e. The smallest absolute Gasteiger partial charge is 0.267 e. The number of nitrogens with one attached hydrogen (secondary N) is 2. The number of amides is 1. The molecule has 2 N–H and O–H groups in total. The summed E-state index contributed by atoms with van der Waals surface area (Å²) in [5.41, 5.74) is 1.89. The molecule has 3 rings (SSSR count). The van der Waals surface area contributed by atoms with Crippen molar-refractivity contribution in [3.8, 4) is 5.75 Å². The summed E-state index contributed by atoms with van der Waals surface area (Å²) in [5, 5.41) is 3.62. The van der Waals surface area contributed by atoms with Gasteiger partial charge >= 0.3 is 0 Å². The third kappa shape index (κ3) is 2.79. The van der Waals surface area contributed by atoms with Gasteiger partial charge in [0.05, 0.1) is 7.11 Å². The maximum Gasteiger partial charge on any atom is 0.267 e. The highest BCUT2D eigenvalue weighted by Gasteiger charge is 2.10. The summed E-state index contributed by atoms with van der Waals surface area (Å²) in [6.07, 6.45) is 0. The van der Waals surface area contributed by atoms with Crippen LogP contribution in [-0.2, 0) is 6.54 Å². The van der Waals surface area contributed by atoms with Crippen LogP contribution in [0.5, 0.6) is 5.75 Å². The van der Waals surface area contributed by atoms with Crippen molar-refractivity contribution >= 4 is 16.8 Å². The van der Waals surface area contributed by atoms with Crippen molar-refractivity contribution in [2.75, 3.05) is 7.11 Å². The third-order valence-corrected chi connectivity index (χ3v) is 3.46. The molecule has 112 valence electrons. The van der Waals surface area contributed by atoms with Crippen LogP contribution in [0.15, 0.2) is 48.5 Å². The number of halogens is 1. The number of aromatic amines is 1. The van der Waals surface area contributed by atoms with E-state index in [0.29, 0.717) is 17.8 Å². The summed E-state index contributed by atoms with van der Waals surface area (Å²) in [4.78, 5) is 15.1. The monoisotopic (exact) mass is 298 g/mol.